The van der Waals surface area contributed by atoms with E-state index in [0.29, 0.717) is 17.9 Å². The van der Waals surface area contributed by atoms with Gasteiger partial charge in [-0.25, -0.2) is 4.79 Å². The van der Waals surface area contributed by atoms with Crippen LogP contribution in [0, 0.1) is 0 Å². The Morgan fingerprint density at radius 3 is 2.81 bits per heavy atom. The molecular weight excluding hydrogens is 392 g/mol. The summed E-state index contributed by atoms with van der Waals surface area (Å²) in [5.41, 5.74) is 4.30. The maximum atomic E-state index is 12.5. The minimum atomic E-state index is 0.0690. The molecule has 6 heteroatoms. The highest BCUT2D eigenvalue weighted by Gasteiger charge is 2.45. The number of piperidine rings is 1. The second kappa shape index (κ2) is 7.04. The van der Waals surface area contributed by atoms with Gasteiger partial charge in [0.05, 0.1) is 0 Å². The van der Waals surface area contributed by atoms with E-state index in [1.807, 2.05) is 18.7 Å². The van der Waals surface area contributed by atoms with Crippen LogP contribution < -0.4 is 10.6 Å². The Morgan fingerprint density at radius 2 is 2.08 bits per heavy atom. The van der Waals surface area contributed by atoms with Crippen LogP contribution in [0.4, 0.5) is 10.5 Å². The molecule has 4 atom stereocenters. The average molecular weight is 421 g/mol. The molecular formula is C20H29BrN4O. The van der Waals surface area contributed by atoms with Gasteiger partial charge in [0.2, 0.25) is 0 Å². The topological polar surface area (TPSA) is 47.6 Å². The lowest BCUT2D eigenvalue weighted by Gasteiger charge is -2.48. The molecule has 0 spiro atoms. The van der Waals surface area contributed by atoms with E-state index in [4.69, 9.17) is 0 Å². The average Bonchev–Trinajstić information content (AvgIpc) is 3.02. The first-order valence-corrected chi connectivity index (χ1v) is 10.6. The van der Waals surface area contributed by atoms with Gasteiger partial charge in [0.25, 0.3) is 0 Å². The Labute approximate surface area is 164 Å². The summed E-state index contributed by atoms with van der Waals surface area (Å²) in [7, 11) is 2.22. The van der Waals surface area contributed by atoms with Crippen molar-refractivity contribution in [3.05, 3.63) is 27.7 Å². The van der Waals surface area contributed by atoms with Crippen molar-refractivity contribution in [3.63, 3.8) is 0 Å². The number of amides is 2. The first-order valence-electron chi connectivity index (χ1n) is 9.85. The number of carbonyl (C=O) groups excluding carboxylic acids is 1. The standard InChI is InChI=1S/C20H29BrN4O/c1-4-25(5-2)20(26)23-13-9-14-17(24(3)11-13)8-12-10-22-16-7-6-15(21)19(14)18(12)16/h6-7,12-14,17,22H,4-5,8-11H2,1-3H3,(H,23,26)/t12-,13+,14+,17-/m1/s1. The van der Waals surface area contributed by atoms with E-state index in [2.05, 4.69) is 50.6 Å². The zero-order valence-corrected chi connectivity index (χ0v) is 17.5. The summed E-state index contributed by atoms with van der Waals surface area (Å²) < 4.78 is 1.23. The van der Waals surface area contributed by atoms with Crippen LogP contribution >= 0.6 is 15.9 Å². The maximum absolute atomic E-state index is 12.5. The van der Waals surface area contributed by atoms with Crippen molar-refractivity contribution < 1.29 is 4.79 Å². The summed E-state index contributed by atoms with van der Waals surface area (Å²) in [6, 6.07) is 5.21. The molecule has 5 nitrogen and oxygen atoms in total. The molecule has 1 fully saturated rings. The number of likely N-dealkylation sites (tertiary alicyclic amines) is 1. The van der Waals surface area contributed by atoms with Gasteiger partial charge in [0.15, 0.2) is 0 Å². The van der Waals surface area contributed by atoms with Gasteiger partial charge in [-0.2, -0.15) is 0 Å². The van der Waals surface area contributed by atoms with E-state index in [9.17, 15) is 4.79 Å². The van der Waals surface area contributed by atoms with Crippen LogP contribution in [0.5, 0.6) is 0 Å². The largest absolute Gasteiger partial charge is 0.384 e. The number of nitrogens with zero attached hydrogens (tertiary/aromatic N) is 2. The second-order valence-electron chi connectivity index (χ2n) is 7.90. The number of benzene rings is 1. The van der Waals surface area contributed by atoms with Gasteiger partial charge in [0, 0.05) is 60.3 Å². The van der Waals surface area contributed by atoms with Crippen LogP contribution in [0.25, 0.3) is 0 Å². The molecule has 2 aliphatic heterocycles. The summed E-state index contributed by atoms with van der Waals surface area (Å²) in [5.74, 6) is 1.08. The number of fused-ring (bicyclic) bond motifs is 2. The first kappa shape index (κ1) is 18.1. The lowest BCUT2D eigenvalue weighted by molar-refractivity contribution is 0.108. The molecule has 0 radical (unpaired) electrons. The third kappa shape index (κ3) is 2.91. The molecule has 0 aromatic heterocycles. The van der Waals surface area contributed by atoms with Crippen LogP contribution in [-0.2, 0) is 0 Å². The number of anilines is 1. The van der Waals surface area contributed by atoms with E-state index < -0.39 is 0 Å². The van der Waals surface area contributed by atoms with Crippen LogP contribution in [0.1, 0.15) is 49.7 Å². The summed E-state index contributed by atoms with van der Waals surface area (Å²) >= 11 is 3.83. The minimum absolute atomic E-state index is 0.0690. The summed E-state index contributed by atoms with van der Waals surface area (Å²) in [4.78, 5) is 16.9. The predicted molar refractivity (Wildman–Crippen MR) is 109 cm³/mol. The van der Waals surface area contributed by atoms with Crippen molar-refractivity contribution in [1.29, 1.82) is 0 Å². The lowest BCUT2D eigenvalue weighted by Crippen LogP contribution is -2.56. The van der Waals surface area contributed by atoms with Crippen molar-refractivity contribution in [2.75, 3.05) is 38.5 Å². The van der Waals surface area contributed by atoms with E-state index in [1.165, 1.54) is 27.7 Å². The molecule has 4 rings (SSSR count). The van der Waals surface area contributed by atoms with E-state index >= 15 is 0 Å². The number of urea groups is 1. The van der Waals surface area contributed by atoms with Crippen molar-refractivity contribution in [2.24, 2.45) is 0 Å². The van der Waals surface area contributed by atoms with Crippen LogP contribution in [-0.4, -0.2) is 61.1 Å². The number of rotatable bonds is 3. The molecule has 2 amide bonds. The van der Waals surface area contributed by atoms with Gasteiger partial charge < -0.3 is 20.4 Å². The molecule has 1 saturated heterocycles. The molecule has 2 N–H and O–H groups in total. The van der Waals surface area contributed by atoms with Crippen LogP contribution in [0.3, 0.4) is 0 Å². The highest BCUT2D eigenvalue weighted by molar-refractivity contribution is 9.10. The monoisotopic (exact) mass is 420 g/mol. The molecule has 2 heterocycles. The van der Waals surface area contributed by atoms with E-state index in [-0.39, 0.29) is 12.1 Å². The number of nitrogens with one attached hydrogen (secondary N) is 2. The quantitative estimate of drug-likeness (QED) is 0.785. The van der Waals surface area contributed by atoms with Crippen molar-refractivity contribution in [3.8, 4) is 0 Å². The van der Waals surface area contributed by atoms with Gasteiger partial charge in [-0.05, 0) is 57.0 Å². The number of hydrogen-bond acceptors (Lipinski definition) is 3. The molecule has 0 unspecified atom stereocenters. The molecule has 1 aliphatic carbocycles. The Morgan fingerprint density at radius 1 is 1.31 bits per heavy atom. The molecule has 1 aromatic carbocycles. The van der Waals surface area contributed by atoms with Crippen molar-refractivity contribution in [1.82, 2.24) is 15.1 Å². The van der Waals surface area contributed by atoms with Crippen LogP contribution in [0.15, 0.2) is 16.6 Å². The number of halogens is 1. The van der Waals surface area contributed by atoms with Gasteiger partial charge >= 0.3 is 6.03 Å². The van der Waals surface area contributed by atoms with Crippen molar-refractivity contribution >= 4 is 27.6 Å². The second-order valence-corrected chi connectivity index (χ2v) is 8.76. The molecule has 0 bridgehead atoms. The molecule has 142 valence electrons. The molecule has 26 heavy (non-hydrogen) atoms. The van der Waals surface area contributed by atoms with E-state index in [0.717, 1.165) is 32.6 Å². The third-order valence-corrected chi connectivity index (χ3v) is 7.23. The first-order chi connectivity index (χ1) is 12.5. The minimum Gasteiger partial charge on any atom is -0.384 e. The fourth-order valence-electron chi connectivity index (χ4n) is 5.27. The summed E-state index contributed by atoms with van der Waals surface area (Å²) in [6.45, 7) is 7.55. The SMILES string of the molecule is CCN(CC)C(=O)N[C@H]1C[C@@H]2c3c(Br)ccc4c3[C@@H](CN4)C[C@H]2N(C)C1. The predicted octanol–water partition coefficient (Wildman–Crippen LogP) is 3.57. The highest BCUT2D eigenvalue weighted by atomic mass is 79.9. The van der Waals surface area contributed by atoms with Crippen LogP contribution in [0.2, 0.25) is 0 Å². The smallest absolute Gasteiger partial charge is 0.317 e. The normalized spacial score (nSPS) is 29.5. The number of likely N-dealkylation sites (N-methyl/N-ethyl adjacent to an activating group) is 1. The maximum Gasteiger partial charge on any atom is 0.317 e. The van der Waals surface area contributed by atoms with Gasteiger partial charge in [-0.15, -0.1) is 0 Å². The molecule has 0 saturated carbocycles. The van der Waals surface area contributed by atoms with Crippen molar-refractivity contribution in [2.45, 2.75) is 50.6 Å². The lowest BCUT2D eigenvalue weighted by atomic mass is 9.70. The summed E-state index contributed by atoms with van der Waals surface area (Å²) in [6.07, 6.45) is 2.23. The number of hydrogen-bond donors (Lipinski definition) is 2. The third-order valence-electron chi connectivity index (χ3n) is 6.53. The number of carbonyl (C=O) groups is 1. The molecule has 1 aromatic rings. The Bertz CT molecular complexity index is 705. The zero-order valence-electron chi connectivity index (χ0n) is 15.9. The van der Waals surface area contributed by atoms with Gasteiger partial charge in [-0.3, -0.25) is 0 Å². The fourth-order valence-corrected chi connectivity index (χ4v) is 5.91. The zero-order chi connectivity index (χ0) is 18.4. The van der Waals surface area contributed by atoms with Gasteiger partial charge in [0.1, 0.15) is 0 Å². The van der Waals surface area contributed by atoms with E-state index in [1.54, 1.807) is 0 Å². The Balaban J connectivity index is 1.60. The molecule has 3 aliphatic rings. The fraction of sp³-hybridized carbons (Fsp3) is 0.650. The highest BCUT2D eigenvalue weighted by Crippen LogP contribution is 2.52. The van der Waals surface area contributed by atoms with Gasteiger partial charge in [-0.1, -0.05) is 15.9 Å². The Hall–Kier alpha value is -1.27. The Kier molecular flexibility index (Phi) is 4.90. The summed E-state index contributed by atoms with van der Waals surface area (Å²) in [5, 5.41) is 6.88.